The van der Waals surface area contributed by atoms with Crippen LogP contribution in [0.2, 0.25) is 0 Å². The van der Waals surface area contributed by atoms with Crippen LogP contribution in [-0.4, -0.2) is 19.5 Å². The van der Waals surface area contributed by atoms with E-state index in [4.69, 9.17) is 23.8 Å². The summed E-state index contributed by atoms with van der Waals surface area (Å²) in [5, 5.41) is 6.47. The molecule has 0 fully saturated rings. The molecule has 0 N–H and O–H groups in total. The Labute approximate surface area is 325 Å². The molecule has 57 heavy (non-hydrogen) atoms. The molecular formula is C51H30N4O2. The molecule has 6 heteroatoms. The van der Waals surface area contributed by atoms with Gasteiger partial charge in [-0.25, -0.2) is 15.0 Å². The highest BCUT2D eigenvalue weighted by Gasteiger charge is 2.21. The van der Waals surface area contributed by atoms with Crippen molar-refractivity contribution in [3.05, 3.63) is 182 Å². The number of aromatic nitrogens is 4. The molecule has 0 amide bonds. The van der Waals surface area contributed by atoms with E-state index >= 15 is 0 Å². The highest BCUT2D eigenvalue weighted by Crippen LogP contribution is 2.41. The minimum Gasteiger partial charge on any atom is -0.456 e. The van der Waals surface area contributed by atoms with Crippen molar-refractivity contribution in [2.45, 2.75) is 0 Å². The van der Waals surface area contributed by atoms with E-state index in [1.807, 2.05) is 72.8 Å². The molecule has 0 spiro atoms. The number of furan rings is 2. The zero-order valence-corrected chi connectivity index (χ0v) is 30.4. The first-order chi connectivity index (χ1) is 28.2. The number of benzene rings is 8. The van der Waals surface area contributed by atoms with Gasteiger partial charge in [0.1, 0.15) is 16.7 Å². The molecule has 0 aliphatic carbocycles. The molecule has 0 aliphatic heterocycles. The third kappa shape index (κ3) is 5.01. The molecule has 6 nitrogen and oxygen atoms in total. The fraction of sp³-hybridized carbons (Fsp3) is 0. The highest BCUT2D eigenvalue weighted by molar-refractivity contribution is 6.21. The fourth-order valence-electron chi connectivity index (χ4n) is 8.34. The maximum Gasteiger partial charge on any atom is 0.164 e. The lowest BCUT2D eigenvalue weighted by Crippen LogP contribution is -2.00. The summed E-state index contributed by atoms with van der Waals surface area (Å²) in [6.45, 7) is 0. The Morgan fingerprint density at radius 2 is 0.877 bits per heavy atom. The third-order valence-electron chi connectivity index (χ3n) is 11.1. The van der Waals surface area contributed by atoms with Crippen LogP contribution in [0.25, 0.3) is 117 Å². The van der Waals surface area contributed by atoms with Crippen LogP contribution in [0.4, 0.5) is 0 Å². The van der Waals surface area contributed by atoms with Gasteiger partial charge in [0.25, 0.3) is 0 Å². The predicted octanol–water partition coefficient (Wildman–Crippen LogP) is 13.4. The van der Waals surface area contributed by atoms with Gasteiger partial charge in [0.05, 0.1) is 11.0 Å². The molecule has 0 bridgehead atoms. The van der Waals surface area contributed by atoms with E-state index < -0.39 is 0 Å². The van der Waals surface area contributed by atoms with Crippen molar-refractivity contribution in [3.8, 4) is 51.0 Å². The summed E-state index contributed by atoms with van der Waals surface area (Å²) < 4.78 is 15.4. The number of rotatable bonds is 5. The molecule has 0 saturated carbocycles. The molecule has 12 aromatic rings. The van der Waals surface area contributed by atoms with Gasteiger partial charge < -0.3 is 13.4 Å². The van der Waals surface area contributed by atoms with Crippen LogP contribution in [-0.2, 0) is 0 Å². The molecule has 0 unspecified atom stereocenters. The number of hydrogen-bond donors (Lipinski definition) is 0. The minimum absolute atomic E-state index is 0.572. The molecule has 0 aliphatic rings. The van der Waals surface area contributed by atoms with Gasteiger partial charge in [-0.05, 0) is 71.8 Å². The Hall–Kier alpha value is -7.83. The van der Waals surface area contributed by atoms with E-state index in [0.717, 1.165) is 82.7 Å². The lowest BCUT2D eigenvalue weighted by atomic mass is 10.1. The topological polar surface area (TPSA) is 69.9 Å². The van der Waals surface area contributed by atoms with Crippen molar-refractivity contribution in [3.63, 3.8) is 0 Å². The molecule has 266 valence electrons. The second kappa shape index (κ2) is 12.3. The SMILES string of the molecule is c1ccc(-c2ccc(-n3c4ccccc4c4ccc5c6cc(-c7nc(-c8ccccc8)nc(-c8ccc9c(c8)oc8ccccc89)n7)ccc6oc5c43)cc2)cc1. The predicted molar refractivity (Wildman–Crippen MR) is 230 cm³/mol. The van der Waals surface area contributed by atoms with Gasteiger partial charge in [0.15, 0.2) is 23.1 Å². The molecular weight excluding hydrogens is 701 g/mol. The van der Waals surface area contributed by atoms with Crippen LogP contribution >= 0.6 is 0 Å². The van der Waals surface area contributed by atoms with E-state index in [0.29, 0.717) is 17.5 Å². The lowest BCUT2D eigenvalue weighted by Gasteiger charge is -2.09. The van der Waals surface area contributed by atoms with Gasteiger partial charge in [0, 0.05) is 54.7 Å². The highest BCUT2D eigenvalue weighted by atomic mass is 16.3. The van der Waals surface area contributed by atoms with Crippen LogP contribution in [0.5, 0.6) is 0 Å². The fourth-order valence-corrected chi connectivity index (χ4v) is 8.34. The molecule has 8 aromatic carbocycles. The minimum atomic E-state index is 0.572. The zero-order valence-electron chi connectivity index (χ0n) is 30.4. The van der Waals surface area contributed by atoms with Gasteiger partial charge >= 0.3 is 0 Å². The largest absolute Gasteiger partial charge is 0.456 e. The maximum absolute atomic E-state index is 6.81. The van der Waals surface area contributed by atoms with Crippen LogP contribution in [0.3, 0.4) is 0 Å². The molecule has 12 rings (SSSR count). The first-order valence-corrected chi connectivity index (χ1v) is 19.0. The van der Waals surface area contributed by atoms with Gasteiger partial charge in [0.2, 0.25) is 0 Å². The summed E-state index contributed by atoms with van der Waals surface area (Å²) >= 11 is 0. The molecule has 4 heterocycles. The Bertz CT molecular complexity index is 3510. The normalized spacial score (nSPS) is 11.9. The lowest BCUT2D eigenvalue weighted by molar-refractivity contribution is 0.669. The van der Waals surface area contributed by atoms with Crippen molar-refractivity contribution in [2.24, 2.45) is 0 Å². The summed E-state index contributed by atoms with van der Waals surface area (Å²) in [5.74, 6) is 1.75. The zero-order chi connectivity index (χ0) is 37.5. The number of fused-ring (bicyclic) bond motifs is 10. The summed E-state index contributed by atoms with van der Waals surface area (Å²) in [6, 6.07) is 62.8. The van der Waals surface area contributed by atoms with E-state index in [1.54, 1.807) is 0 Å². The first-order valence-electron chi connectivity index (χ1n) is 19.0. The Balaban J connectivity index is 1.03. The van der Waals surface area contributed by atoms with Gasteiger partial charge in [-0.15, -0.1) is 0 Å². The van der Waals surface area contributed by atoms with Gasteiger partial charge in [-0.3, -0.25) is 0 Å². The van der Waals surface area contributed by atoms with Crippen molar-refractivity contribution in [2.75, 3.05) is 0 Å². The van der Waals surface area contributed by atoms with Crippen LogP contribution < -0.4 is 0 Å². The smallest absolute Gasteiger partial charge is 0.164 e. The Morgan fingerprint density at radius 3 is 1.67 bits per heavy atom. The Kier molecular flexibility index (Phi) is 6.83. The monoisotopic (exact) mass is 730 g/mol. The van der Waals surface area contributed by atoms with Gasteiger partial charge in [-0.2, -0.15) is 0 Å². The molecule has 0 saturated heterocycles. The van der Waals surface area contributed by atoms with Crippen molar-refractivity contribution < 1.29 is 8.83 Å². The van der Waals surface area contributed by atoms with Crippen molar-refractivity contribution >= 4 is 65.7 Å². The summed E-state index contributed by atoms with van der Waals surface area (Å²) in [7, 11) is 0. The van der Waals surface area contributed by atoms with Gasteiger partial charge in [-0.1, -0.05) is 121 Å². The third-order valence-corrected chi connectivity index (χ3v) is 11.1. The van der Waals surface area contributed by atoms with Crippen LogP contribution in [0, 0.1) is 0 Å². The Morgan fingerprint density at radius 1 is 0.333 bits per heavy atom. The van der Waals surface area contributed by atoms with E-state index in [1.165, 1.54) is 16.5 Å². The van der Waals surface area contributed by atoms with E-state index in [9.17, 15) is 0 Å². The van der Waals surface area contributed by atoms with Crippen molar-refractivity contribution in [1.29, 1.82) is 0 Å². The summed E-state index contributed by atoms with van der Waals surface area (Å²) in [6.07, 6.45) is 0. The summed E-state index contributed by atoms with van der Waals surface area (Å²) in [4.78, 5) is 15.1. The average molecular weight is 731 g/mol. The average Bonchev–Trinajstić information content (AvgIpc) is 3.96. The van der Waals surface area contributed by atoms with Crippen LogP contribution in [0.15, 0.2) is 191 Å². The standard InChI is InChI=1S/C51H30N4O2/c1-3-11-31(12-4-1)32-19-23-36(24-20-32)55-43-17-9-7-15-37(43)40-26-27-41-42-29-34(22-28-45(42)57-48(41)47(40)55)50-52-49(33-13-5-2-6-14-33)53-51(54-50)35-21-25-39-38-16-8-10-18-44(38)56-46(39)30-35/h1-30H. The second-order valence-corrected chi connectivity index (χ2v) is 14.4. The van der Waals surface area contributed by atoms with Crippen LogP contribution in [0.1, 0.15) is 0 Å². The number of para-hydroxylation sites is 2. The number of hydrogen-bond acceptors (Lipinski definition) is 5. The molecule has 0 radical (unpaired) electrons. The van der Waals surface area contributed by atoms with E-state index in [2.05, 4.69) is 114 Å². The maximum atomic E-state index is 6.81. The van der Waals surface area contributed by atoms with E-state index in [-0.39, 0.29) is 0 Å². The van der Waals surface area contributed by atoms with Crippen molar-refractivity contribution in [1.82, 2.24) is 19.5 Å². The molecule has 0 atom stereocenters. The quantitative estimate of drug-likeness (QED) is 0.176. The summed E-state index contributed by atoms with van der Waals surface area (Å²) in [5.41, 5.74) is 11.5. The molecule has 4 aromatic heterocycles. The second-order valence-electron chi connectivity index (χ2n) is 14.4. The number of nitrogens with zero attached hydrogens (tertiary/aromatic N) is 4. The first kappa shape index (κ1) is 31.5.